The second-order valence-corrected chi connectivity index (χ2v) is 4.53. The highest BCUT2D eigenvalue weighted by Gasteiger charge is 2.22. The van der Waals surface area contributed by atoms with Crippen molar-refractivity contribution in [2.75, 3.05) is 10.6 Å². The summed E-state index contributed by atoms with van der Waals surface area (Å²) < 4.78 is 26.3. The zero-order chi connectivity index (χ0) is 14.4. The number of hydrogen-bond acceptors (Lipinski definition) is 3. The molecule has 104 valence electrons. The molecule has 1 aromatic carbocycles. The number of carbonyl (C=O) groups excluding carboxylic acids is 1. The molecule has 5 nitrogen and oxygen atoms in total. The van der Waals surface area contributed by atoms with Gasteiger partial charge < -0.3 is 5.32 Å². The van der Waals surface area contributed by atoms with Crippen molar-refractivity contribution in [3.8, 4) is 0 Å². The number of nitrogens with one attached hydrogen (secondary N) is 1. The van der Waals surface area contributed by atoms with Gasteiger partial charge in [0.25, 0.3) is 5.69 Å². The molecule has 0 saturated carbocycles. The Labute approximate surface area is 116 Å². The molecular weight excluding hydrogens is 326 g/mol. The Balaban J connectivity index is 2.88. The van der Waals surface area contributed by atoms with Crippen molar-refractivity contribution >= 4 is 33.2 Å². The second-order valence-electron chi connectivity index (χ2n) is 3.73. The van der Waals surface area contributed by atoms with Gasteiger partial charge in [-0.05, 0) is 12.8 Å². The van der Waals surface area contributed by atoms with Crippen LogP contribution in [0.3, 0.4) is 0 Å². The van der Waals surface area contributed by atoms with Crippen LogP contribution in [0, 0.1) is 21.7 Å². The lowest BCUT2D eigenvalue weighted by Crippen LogP contribution is -2.14. The third kappa shape index (κ3) is 4.55. The van der Waals surface area contributed by atoms with E-state index in [9.17, 15) is 23.7 Å². The molecule has 0 aliphatic carbocycles. The molecule has 8 heteroatoms. The molecule has 0 spiro atoms. The van der Waals surface area contributed by atoms with E-state index in [1.165, 1.54) is 0 Å². The molecule has 0 bridgehead atoms. The van der Waals surface area contributed by atoms with Gasteiger partial charge >= 0.3 is 0 Å². The monoisotopic (exact) mass is 336 g/mol. The molecule has 19 heavy (non-hydrogen) atoms. The topological polar surface area (TPSA) is 72.2 Å². The Morgan fingerprint density at radius 1 is 1.37 bits per heavy atom. The molecule has 0 aromatic heterocycles. The minimum atomic E-state index is -1.17. The minimum absolute atomic E-state index is 0.111. The predicted octanol–water partition coefficient (Wildman–Crippen LogP) is 3.38. The molecule has 0 atom stereocenters. The molecule has 1 rings (SSSR count). The normalized spacial score (nSPS) is 10.3. The number of carbonyl (C=O) groups is 1. The van der Waals surface area contributed by atoms with Crippen molar-refractivity contribution in [1.82, 2.24) is 0 Å². The lowest BCUT2D eigenvalue weighted by Gasteiger charge is -2.07. The van der Waals surface area contributed by atoms with E-state index in [0.29, 0.717) is 18.6 Å². The first-order chi connectivity index (χ1) is 8.95. The number of halogens is 3. The van der Waals surface area contributed by atoms with Gasteiger partial charge in [-0.3, -0.25) is 14.9 Å². The number of unbranched alkanes of at least 4 members (excludes halogenated alkanes) is 1. The Bertz CT molecular complexity index is 497. The average Bonchev–Trinajstić information content (AvgIpc) is 2.32. The summed E-state index contributed by atoms with van der Waals surface area (Å²) in [5, 5.41) is 13.5. The fraction of sp³-hybridized carbons (Fsp3) is 0.364. The molecule has 0 heterocycles. The summed E-state index contributed by atoms with van der Waals surface area (Å²) >= 11 is 3.19. The highest BCUT2D eigenvalue weighted by molar-refractivity contribution is 9.09. The van der Waals surface area contributed by atoms with E-state index in [1.807, 2.05) is 0 Å². The maximum Gasteiger partial charge on any atom is 0.298 e. The van der Waals surface area contributed by atoms with Crippen LogP contribution in [0.25, 0.3) is 0 Å². The van der Waals surface area contributed by atoms with Crippen LogP contribution in [-0.2, 0) is 4.79 Å². The summed E-state index contributed by atoms with van der Waals surface area (Å²) in [6.07, 6.45) is 1.43. The quantitative estimate of drug-likeness (QED) is 0.374. The molecule has 1 aromatic rings. The van der Waals surface area contributed by atoms with Gasteiger partial charge in [0, 0.05) is 17.8 Å². The number of rotatable bonds is 6. The third-order valence-electron chi connectivity index (χ3n) is 2.28. The smallest absolute Gasteiger partial charge is 0.298 e. The Kier molecular flexibility index (Phi) is 5.81. The first-order valence-corrected chi connectivity index (χ1v) is 6.57. The highest BCUT2D eigenvalue weighted by Crippen LogP contribution is 2.28. The summed E-state index contributed by atoms with van der Waals surface area (Å²) in [6.45, 7) is 0. The van der Waals surface area contributed by atoms with E-state index < -0.39 is 33.8 Å². The maximum absolute atomic E-state index is 13.5. The molecule has 0 unspecified atom stereocenters. The largest absolute Gasteiger partial charge is 0.318 e. The summed E-state index contributed by atoms with van der Waals surface area (Å²) in [4.78, 5) is 21.2. The Morgan fingerprint density at radius 3 is 2.63 bits per heavy atom. The van der Waals surface area contributed by atoms with Crippen molar-refractivity contribution in [3.05, 3.63) is 33.9 Å². The van der Waals surface area contributed by atoms with Gasteiger partial charge in [-0.15, -0.1) is 0 Å². The number of amides is 1. The highest BCUT2D eigenvalue weighted by atomic mass is 79.9. The lowest BCUT2D eigenvalue weighted by atomic mass is 10.2. The van der Waals surface area contributed by atoms with Crippen LogP contribution in [-0.4, -0.2) is 16.2 Å². The zero-order valence-electron chi connectivity index (χ0n) is 9.79. The van der Waals surface area contributed by atoms with Crippen molar-refractivity contribution < 1.29 is 18.5 Å². The van der Waals surface area contributed by atoms with E-state index in [4.69, 9.17) is 0 Å². The first-order valence-electron chi connectivity index (χ1n) is 5.45. The third-order valence-corrected chi connectivity index (χ3v) is 2.84. The van der Waals surface area contributed by atoms with Crippen molar-refractivity contribution in [2.24, 2.45) is 0 Å². The van der Waals surface area contributed by atoms with Gasteiger partial charge in [0.05, 0.1) is 11.0 Å². The van der Waals surface area contributed by atoms with Crippen molar-refractivity contribution in [2.45, 2.75) is 19.3 Å². The van der Waals surface area contributed by atoms with E-state index in [1.54, 1.807) is 0 Å². The fourth-order valence-corrected chi connectivity index (χ4v) is 1.81. The van der Waals surface area contributed by atoms with Crippen LogP contribution in [0.15, 0.2) is 12.1 Å². The van der Waals surface area contributed by atoms with Gasteiger partial charge in [0.2, 0.25) is 5.91 Å². The predicted molar refractivity (Wildman–Crippen MR) is 69.3 cm³/mol. The van der Waals surface area contributed by atoms with Gasteiger partial charge in [0.15, 0.2) is 11.5 Å². The summed E-state index contributed by atoms with van der Waals surface area (Å²) in [6, 6.07) is 1.05. The number of anilines is 1. The number of alkyl halides is 1. The Morgan fingerprint density at radius 2 is 2.05 bits per heavy atom. The summed E-state index contributed by atoms with van der Waals surface area (Å²) in [5.74, 6) is -2.78. The fourth-order valence-electron chi connectivity index (χ4n) is 1.41. The number of nitro groups is 1. The molecule has 0 aliphatic heterocycles. The maximum atomic E-state index is 13.5. The van der Waals surface area contributed by atoms with E-state index in [2.05, 4.69) is 21.2 Å². The summed E-state index contributed by atoms with van der Waals surface area (Å²) in [7, 11) is 0. The standard InChI is InChI=1S/C11H11BrF2N2O3/c12-4-2-1-3-10(17)15-11-8(14)5-7(13)6-9(11)16(18)19/h5-6H,1-4H2,(H,15,17). The average molecular weight is 337 g/mol. The van der Waals surface area contributed by atoms with E-state index in [0.717, 1.165) is 11.8 Å². The van der Waals surface area contributed by atoms with E-state index in [-0.39, 0.29) is 6.42 Å². The van der Waals surface area contributed by atoms with Crippen molar-refractivity contribution in [3.63, 3.8) is 0 Å². The van der Waals surface area contributed by atoms with Gasteiger partial charge in [-0.1, -0.05) is 15.9 Å². The van der Waals surface area contributed by atoms with Crippen LogP contribution >= 0.6 is 15.9 Å². The molecule has 1 N–H and O–H groups in total. The number of hydrogen-bond donors (Lipinski definition) is 1. The first kappa shape index (κ1) is 15.5. The van der Waals surface area contributed by atoms with Crippen LogP contribution in [0.5, 0.6) is 0 Å². The van der Waals surface area contributed by atoms with Crippen molar-refractivity contribution in [1.29, 1.82) is 0 Å². The summed E-state index contributed by atoms with van der Waals surface area (Å²) in [5.41, 5.74) is -1.40. The van der Waals surface area contributed by atoms with E-state index >= 15 is 0 Å². The van der Waals surface area contributed by atoms with Gasteiger partial charge in [-0.25, -0.2) is 8.78 Å². The molecule has 0 fully saturated rings. The number of nitrogens with zero attached hydrogens (tertiary/aromatic N) is 1. The van der Waals surface area contributed by atoms with Gasteiger partial charge in [-0.2, -0.15) is 0 Å². The van der Waals surface area contributed by atoms with Crippen LogP contribution < -0.4 is 5.32 Å². The molecule has 1 amide bonds. The lowest BCUT2D eigenvalue weighted by molar-refractivity contribution is -0.384. The van der Waals surface area contributed by atoms with Crippen LogP contribution in [0.2, 0.25) is 0 Å². The SMILES string of the molecule is O=C(CCCCBr)Nc1c(F)cc(F)cc1[N+](=O)[O-]. The molecular formula is C11H11BrF2N2O3. The Hall–Kier alpha value is -1.57. The number of nitro benzene ring substituents is 1. The second kappa shape index (κ2) is 7.13. The zero-order valence-corrected chi connectivity index (χ0v) is 11.4. The molecule has 0 aliphatic rings. The number of benzene rings is 1. The van der Waals surface area contributed by atoms with Crippen LogP contribution in [0.1, 0.15) is 19.3 Å². The molecule has 0 radical (unpaired) electrons. The van der Waals surface area contributed by atoms with Gasteiger partial charge in [0.1, 0.15) is 5.82 Å². The minimum Gasteiger partial charge on any atom is -0.318 e. The molecule has 0 saturated heterocycles. The van der Waals surface area contributed by atoms with Crippen LogP contribution in [0.4, 0.5) is 20.2 Å².